The Labute approximate surface area is 264 Å². The van der Waals surface area contributed by atoms with Crippen LogP contribution in [0.1, 0.15) is 55.3 Å². The molecule has 0 radical (unpaired) electrons. The van der Waals surface area contributed by atoms with Gasteiger partial charge < -0.3 is 23.8 Å². The number of piperidine rings is 1. The highest BCUT2D eigenvalue weighted by atomic mass is 28.4. The third kappa shape index (κ3) is 5.44. The molecular formula is C34H42FN5O4Si. The van der Waals surface area contributed by atoms with Gasteiger partial charge in [0, 0.05) is 55.0 Å². The number of aromatic nitrogens is 3. The van der Waals surface area contributed by atoms with E-state index >= 15 is 4.11 Å². The van der Waals surface area contributed by atoms with Gasteiger partial charge in [-0.15, -0.1) is 11.7 Å². The number of rotatable bonds is 10. The maximum Gasteiger partial charge on any atom is 0.264 e. The molecule has 238 valence electrons. The molecule has 2 saturated heterocycles. The van der Waals surface area contributed by atoms with Crippen molar-refractivity contribution in [2.45, 2.75) is 75.4 Å². The lowest BCUT2D eigenvalue weighted by molar-refractivity contribution is -0.145. The van der Waals surface area contributed by atoms with Gasteiger partial charge in [-0.2, -0.15) is 0 Å². The van der Waals surface area contributed by atoms with Crippen LogP contribution in [0.15, 0.2) is 67.4 Å². The average Bonchev–Trinajstić information content (AvgIpc) is 3.68. The summed E-state index contributed by atoms with van der Waals surface area (Å²) in [7, 11) is -3.35. The van der Waals surface area contributed by atoms with Crippen molar-refractivity contribution >= 4 is 31.6 Å². The number of anilines is 2. The van der Waals surface area contributed by atoms with Crippen LogP contribution in [0.3, 0.4) is 0 Å². The number of aryl methyl sites for hydroxylation is 1. The van der Waals surface area contributed by atoms with Crippen LogP contribution < -0.4 is 9.80 Å². The van der Waals surface area contributed by atoms with Gasteiger partial charge in [-0.3, -0.25) is 14.3 Å². The topological polar surface area (TPSA) is 101 Å². The van der Waals surface area contributed by atoms with E-state index in [2.05, 4.69) is 16.9 Å². The molecule has 1 aromatic heterocycles. The van der Waals surface area contributed by atoms with E-state index in [1.165, 1.54) is 0 Å². The van der Waals surface area contributed by atoms with Gasteiger partial charge in [0.25, 0.3) is 5.91 Å². The van der Waals surface area contributed by atoms with E-state index in [4.69, 9.17) is 4.74 Å². The van der Waals surface area contributed by atoms with Crippen molar-refractivity contribution in [2.75, 3.05) is 29.5 Å². The normalized spacial score (nSPS) is 25.7. The van der Waals surface area contributed by atoms with Gasteiger partial charge in [0.2, 0.25) is 14.3 Å². The van der Waals surface area contributed by atoms with Crippen LogP contribution in [0.5, 0.6) is 0 Å². The highest BCUT2D eigenvalue weighted by molar-refractivity contribution is 6.72. The van der Waals surface area contributed by atoms with Gasteiger partial charge in [0.15, 0.2) is 5.60 Å². The highest BCUT2D eigenvalue weighted by Gasteiger charge is 2.66. The van der Waals surface area contributed by atoms with E-state index < -0.39 is 31.6 Å². The van der Waals surface area contributed by atoms with Crippen LogP contribution >= 0.6 is 0 Å². The molecule has 2 fully saturated rings. The first-order valence-corrected chi connectivity index (χ1v) is 18.9. The van der Waals surface area contributed by atoms with E-state index in [1.54, 1.807) is 33.7 Å². The Balaban J connectivity index is 1.32. The molecule has 6 rings (SSSR count). The number of hydrogen-bond acceptors (Lipinski definition) is 6. The fourth-order valence-corrected chi connectivity index (χ4v) is 10.3. The summed E-state index contributed by atoms with van der Waals surface area (Å²) in [5, 5.41) is 18.8. The first-order chi connectivity index (χ1) is 21.6. The standard InChI is InChI=1S/C34H42FN5O4Si/c1-5-17-40-29-15-14-25(39-18-10-9-13-31(39)42)20-27(29)34(33(40)43)23(2)32(45(3,4)35)30(44-34)16-19-38-21-28(36-37-38)26(22-41)24-11-7-6-8-12-24/h5-8,11-12,14-15,20-21,23,26,30,32,41H,1,9-10,13,16-19,22H2,2-4H3/t23-,26?,30+,32-,34+/m1/s1. The molecule has 0 bridgehead atoms. The summed E-state index contributed by atoms with van der Waals surface area (Å²) in [6.07, 6.45) is 5.68. The summed E-state index contributed by atoms with van der Waals surface area (Å²) < 4.78 is 24.9. The quantitative estimate of drug-likeness (QED) is 0.185. The SMILES string of the molecule is C=CCN1C(=O)[C@@]2(O[C@@H](CCn3cc(C(CO)c4ccccc4)nn3)[C@H]([Si](C)(C)F)[C@H]2C)c2cc(N3CCCCC3=O)ccc21. The summed E-state index contributed by atoms with van der Waals surface area (Å²) >= 11 is 0. The number of benzene rings is 2. The van der Waals surface area contributed by atoms with Gasteiger partial charge in [-0.1, -0.05) is 48.5 Å². The maximum absolute atomic E-state index is 16.3. The maximum atomic E-state index is 16.3. The highest BCUT2D eigenvalue weighted by Crippen LogP contribution is 2.60. The summed E-state index contributed by atoms with van der Waals surface area (Å²) in [5.41, 5.74) is 1.91. The molecule has 1 N–H and O–H groups in total. The summed E-state index contributed by atoms with van der Waals surface area (Å²) in [4.78, 5) is 30.7. The molecule has 3 aliphatic rings. The number of halogens is 1. The van der Waals surface area contributed by atoms with Crippen LogP contribution in [0.2, 0.25) is 18.6 Å². The third-order valence-corrected chi connectivity index (χ3v) is 12.3. The Morgan fingerprint density at radius 3 is 2.67 bits per heavy atom. The Morgan fingerprint density at radius 2 is 1.98 bits per heavy atom. The molecule has 45 heavy (non-hydrogen) atoms. The third-order valence-electron chi connectivity index (χ3n) is 9.83. The summed E-state index contributed by atoms with van der Waals surface area (Å²) in [6.45, 7) is 10.4. The van der Waals surface area contributed by atoms with Crippen LogP contribution in [0.4, 0.5) is 15.5 Å². The number of amides is 2. The molecule has 11 heteroatoms. The minimum Gasteiger partial charge on any atom is -0.395 e. The van der Waals surface area contributed by atoms with Crippen molar-refractivity contribution in [1.29, 1.82) is 0 Å². The fraction of sp³-hybridized carbons (Fsp3) is 0.471. The molecule has 1 unspecified atom stereocenters. The zero-order chi connectivity index (χ0) is 31.9. The monoisotopic (exact) mass is 631 g/mol. The second-order valence-electron chi connectivity index (χ2n) is 13.0. The molecule has 9 nitrogen and oxygen atoms in total. The summed E-state index contributed by atoms with van der Waals surface area (Å²) in [5.74, 6) is -0.889. The van der Waals surface area contributed by atoms with Crippen LogP contribution in [-0.4, -0.2) is 66.1 Å². The number of hydrogen-bond donors (Lipinski definition) is 1. The second-order valence-corrected chi connectivity index (χ2v) is 16.8. The lowest BCUT2D eigenvalue weighted by Gasteiger charge is -2.32. The molecule has 4 heterocycles. The molecular weight excluding hydrogens is 589 g/mol. The van der Waals surface area contributed by atoms with Crippen molar-refractivity contribution in [3.8, 4) is 0 Å². The van der Waals surface area contributed by atoms with Gasteiger partial charge in [0.1, 0.15) is 0 Å². The zero-order valence-electron chi connectivity index (χ0n) is 26.2. The molecule has 3 aromatic rings. The van der Waals surface area contributed by atoms with Crippen LogP contribution in [-0.2, 0) is 26.5 Å². The predicted molar refractivity (Wildman–Crippen MR) is 173 cm³/mol. The number of nitrogens with zero attached hydrogens (tertiary/aromatic N) is 5. The Morgan fingerprint density at radius 1 is 1.20 bits per heavy atom. The summed E-state index contributed by atoms with van der Waals surface area (Å²) in [6, 6.07) is 15.4. The minimum absolute atomic E-state index is 0.0684. The number of aliphatic hydroxyl groups is 1. The lowest BCUT2D eigenvalue weighted by Crippen LogP contribution is -2.45. The average molecular weight is 632 g/mol. The minimum atomic E-state index is -3.35. The van der Waals surface area contributed by atoms with E-state index in [9.17, 15) is 14.7 Å². The van der Waals surface area contributed by atoms with E-state index in [0.717, 1.165) is 29.8 Å². The van der Waals surface area contributed by atoms with Gasteiger partial charge in [-0.05, 0) is 56.1 Å². The van der Waals surface area contributed by atoms with Crippen molar-refractivity contribution < 1.29 is 23.5 Å². The Bertz CT molecular complexity index is 1580. The molecule has 5 atom stereocenters. The van der Waals surface area contributed by atoms with Crippen molar-refractivity contribution in [1.82, 2.24) is 15.0 Å². The second kappa shape index (κ2) is 12.3. The fourth-order valence-electron chi connectivity index (χ4n) is 7.76. The number of carbonyl (C=O) groups excluding carboxylic acids is 2. The molecule has 1 spiro atoms. The number of ether oxygens (including phenoxy) is 1. The predicted octanol–water partition coefficient (Wildman–Crippen LogP) is 5.32. The van der Waals surface area contributed by atoms with Crippen molar-refractivity contribution in [3.63, 3.8) is 0 Å². The molecule has 3 aliphatic heterocycles. The number of aliphatic hydroxyl groups excluding tert-OH is 1. The molecule has 0 saturated carbocycles. The van der Waals surface area contributed by atoms with E-state index in [0.29, 0.717) is 43.7 Å². The van der Waals surface area contributed by atoms with Gasteiger partial charge >= 0.3 is 0 Å². The number of fused-ring (bicyclic) bond motifs is 2. The lowest BCUT2D eigenvalue weighted by atomic mass is 9.82. The van der Waals surface area contributed by atoms with Gasteiger partial charge in [-0.25, -0.2) is 0 Å². The van der Waals surface area contributed by atoms with E-state index in [1.807, 2.05) is 61.7 Å². The van der Waals surface area contributed by atoms with Crippen LogP contribution in [0.25, 0.3) is 0 Å². The first kappa shape index (κ1) is 31.3. The van der Waals surface area contributed by atoms with Crippen molar-refractivity contribution in [2.24, 2.45) is 5.92 Å². The Kier molecular flexibility index (Phi) is 8.53. The molecule has 0 aliphatic carbocycles. The largest absolute Gasteiger partial charge is 0.395 e. The number of carbonyl (C=O) groups is 2. The Hall–Kier alpha value is -3.67. The molecule has 2 amide bonds. The zero-order valence-corrected chi connectivity index (χ0v) is 27.2. The first-order valence-electron chi connectivity index (χ1n) is 15.9. The van der Waals surface area contributed by atoms with Crippen LogP contribution in [0, 0.1) is 5.92 Å². The smallest absolute Gasteiger partial charge is 0.264 e. The molecule has 2 aromatic carbocycles. The van der Waals surface area contributed by atoms with Crippen molar-refractivity contribution in [3.05, 3.63) is 84.2 Å². The van der Waals surface area contributed by atoms with E-state index in [-0.39, 0.29) is 24.3 Å². The van der Waals surface area contributed by atoms with Gasteiger partial charge in [0.05, 0.1) is 30.0 Å².